The van der Waals surface area contributed by atoms with Crippen LogP contribution in [0, 0.1) is 0 Å². The molecule has 0 saturated carbocycles. The molecule has 4 N–H and O–H groups in total. The van der Waals surface area contributed by atoms with E-state index in [2.05, 4.69) is 36.2 Å². The van der Waals surface area contributed by atoms with Crippen molar-refractivity contribution in [3.05, 3.63) is 59.9 Å². The summed E-state index contributed by atoms with van der Waals surface area (Å²) in [5.74, 6) is 0.416. The largest absolute Gasteiger partial charge is 0.460 e. The van der Waals surface area contributed by atoms with Gasteiger partial charge >= 0.3 is 0 Å². The Morgan fingerprint density at radius 2 is 1.73 bits per heavy atom. The summed E-state index contributed by atoms with van der Waals surface area (Å²) in [4.78, 5) is 4.43. The molecule has 3 aromatic rings. The minimum atomic E-state index is -1.50. The molecule has 8 nitrogen and oxygen atoms in total. The molecule has 1 saturated heterocycles. The van der Waals surface area contributed by atoms with Gasteiger partial charge in [0.1, 0.15) is 35.7 Å². The second kappa shape index (κ2) is 8.71. The van der Waals surface area contributed by atoms with E-state index in [0.29, 0.717) is 23.3 Å². The Bertz CT molecular complexity index is 987. The van der Waals surface area contributed by atoms with Crippen LogP contribution in [-0.2, 0) is 17.7 Å². The molecule has 1 aliphatic heterocycles. The fourth-order valence-electron chi connectivity index (χ4n) is 3.68. The lowest BCUT2D eigenvalue weighted by atomic mass is 9.99. The van der Waals surface area contributed by atoms with Crippen molar-refractivity contribution in [1.29, 1.82) is 0 Å². The maximum atomic E-state index is 10.3. The van der Waals surface area contributed by atoms with Crippen molar-refractivity contribution in [3.63, 3.8) is 0 Å². The van der Waals surface area contributed by atoms with Gasteiger partial charge < -0.3 is 34.5 Å². The van der Waals surface area contributed by atoms with Crippen molar-refractivity contribution in [1.82, 2.24) is 9.55 Å². The van der Waals surface area contributed by atoms with E-state index < -0.39 is 37.3 Å². The summed E-state index contributed by atoms with van der Waals surface area (Å²) in [5.41, 5.74) is 3.80. The van der Waals surface area contributed by atoms with E-state index in [1.165, 1.54) is 5.56 Å². The quantitative estimate of drug-likeness (QED) is 0.472. The molecule has 8 heteroatoms. The highest BCUT2D eigenvalue weighted by Gasteiger charge is 2.44. The molecule has 30 heavy (non-hydrogen) atoms. The highest BCUT2D eigenvalue weighted by atomic mass is 16.7. The zero-order valence-electron chi connectivity index (χ0n) is 16.6. The van der Waals surface area contributed by atoms with E-state index in [1.54, 1.807) is 18.5 Å². The molecular formula is C22H26N2O6. The third-order valence-electron chi connectivity index (χ3n) is 5.48. The van der Waals surface area contributed by atoms with Gasteiger partial charge in [-0.1, -0.05) is 37.3 Å². The van der Waals surface area contributed by atoms with Gasteiger partial charge in [0.15, 0.2) is 0 Å². The van der Waals surface area contributed by atoms with Gasteiger partial charge in [0.25, 0.3) is 0 Å². The lowest BCUT2D eigenvalue weighted by molar-refractivity contribution is -0.277. The molecule has 0 amide bonds. The number of nitrogens with zero attached hydrogens (tertiary/aromatic N) is 2. The number of aliphatic hydroxyl groups is 4. The Kier molecular flexibility index (Phi) is 6.03. The maximum absolute atomic E-state index is 10.3. The zero-order chi connectivity index (χ0) is 21.3. The number of benzene rings is 2. The SMILES string of the molecule is CCc1ccc(Cn2cnc3cccc(OC4O[C@@H](CO)[C@H](O)[C@@H](O)[C@@H]4O)c32)cc1. The van der Waals surface area contributed by atoms with Gasteiger partial charge in [-0.3, -0.25) is 0 Å². The number of hydrogen-bond acceptors (Lipinski definition) is 7. The van der Waals surface area contributed by atoms with Crippen molar-refractivity contribution >= 4 is 11.0 Å². The van der Waals surface area contributed by atoms with Gasteiger partial charge in [-0.15, -0.1) is 0 Å². The summed E-state index contributed by atoms with van der Waals surface area (Å²) in [6.07, 6.45) is -3.99. The number of ether oxygens (including phenoxy) is 2. The highest BCUT2D eigenvalue weighted by molar-refractivity contribution is 5.82. The number of para-hydroxylation sites is 1. The lowest BCUT2D eigenvalue weighted by Crippen LogP contribution is -2.60. The second-order valence-corrected chi connectivity index (χ2v) is 7.48. The van der Waals surface area contributed by atoms with Crippen LogP contribution in [0.5, 0.6) is 5.75 Å². The zero-order valence-corrected chi connectivity index (χ0v) is 16.6. The summed E-state index contributed by atoms with van der Waals surface area (Å²) in [7, 11) is 0. The molecule has 0 spiro atoms. The van der Waals surface area contributed by atoms with Gasteiger partial charge in [-0.2, -0.15) is 0 Å². The number of aryl methyl sites for hydroxylation is 1. The van der Waals surface area contributed by atoms with E-state index in [4.69, 9.17) is 9.47 Å². The van der Waals surface area contributed by atoms with Crippen LogP contribution in [0.1, 0.15) is 18.1 Å². The van der Waals surface area contributed by atoms with Gasteiger partial charge in [0.05, 0.1) is 18.5 Å². The van der Waals surface area contributed by atoms with Crippen LogP contribution in [-0.4, -0.2) is 67.3 Å². The number of hydrogen-bond donors (Lipinski definition) is 4. The van der Waals surface area contributed by atoms with Gasteiger partial charge in [-0.05, 0) is 29.7 Å². The van der Waals surface area contributed by atoms with Crippen molar-refractivity contribution in [2.45, 2.75) is 50.6 Å². The minimum absolute atomic E-state index is 0.416. The second-order valence-electron chi connectivity index (χ2n) is 7.48. The molecule has 2 aromatic carbocycles. The molecular weight excluding hydrogens is 388 g/mol. The van der Waals surface area contributed by atoms with Gasteiger partial charge in [0, 0.05) is 6.54 Å². The van der Waals surface area contributed by atoms with Crippen molar-refractivity contribution in [2.75, 3.05) is 6.61 Å². The Balaban J connectivity index is 1.62. The van der Waals surface area contributed by atoms with E-state index in [1.807, 2.05) is 10.6 Å². The van der Waals surface area contributed by atoms with E-state index in [0.717, 1.165) is 12.0 Å². The number of aromatic nitrogens is 2. The van der Waals surface area contributed by atoms with Crippen molar-refractivity contribution < 1.29 is 29.9 Å². The average Bonchev–Trinajstić information content (AvgIpc) is 3.18. The predicted octanol–water partition coefficient (Wildman–Crippen LogP) is 0.826. The maximum Gasteiger partial charge on any atom is 0.229 e. The molecule has 0 bridgehead atoms. The van der Waals surface area contributed by atoms with Crippen LogP contribution in [0.25, 0.3) is 11.0 Å². The topological polar surface area (TPSA) is 117 Å². The summed E-state index contributed by atoms with van der Waals surface area (Å²) in [5, 5.41) is 39.7. The van der Waals surface area contributed by atoms with Gasteiger partial charge in [0.2, 0.25) is 6.29 Å². The molecule has 1 aromatic heterocycles. The summed E-state index contributed by atoms with van der Waals surface area (Å²) >= 11 is 0. The first-order valence-corrected chi connectivity index (χ1v) is 10.0. The molecule has 2 heterocycles. The van der Waals surface area contributed by atoms with Crippen LogP contribution in [0.4, 0.5) is 0 Å². The Hall–Kier alpha value is -2.49. The van der Waals surface area contributed by atoms with Crippen molar-refractivity contribution in [3.8, 4) is 5.75 Å². The Morgan fingerprint density at radius 1 is 1.00 bits per heavy atom. The number of fused-ring (bicyclic) bond motifs is 1. The minimum Gasteiger partial charge on any atom is -0.460 e. The Morgan fingerprint density at radius 3 is 2.43 bits per heavy atom. The molecule has 1 fully saturated rings. The molecule has 0 aliphatic carbocycles. The molecule has 160 valence electrons. The normalized spacial score (nSPS) is 26.8. The van der Waals surface area contributed by atoms with Crippen LogP contribution >= 0.6 is 0 Å². The molecule has 0 radical (unpaired) electrons. The molecule has 5 atom stereocenters. The van der Waals surface area contributed by atoms with Crippen LogP contribution in [0.3, 0.4) is 0 Å². The first-order chi connectivity index (χ1) is 14.5. The number of rotatable bonds is 6. The third kappa shape index (κ3) is 3.92. The van der Waals surface area contributed by atoms with Crippen LogP contribution < -0.4 is 4.74 Å². The first-order valence-electron chi connectivity index (χ1n) is 10.0. The van der Waals surface area contributed by atoms with E-state index in [-0.39, 0.29) is 0 Å². The molecule has 1 aliphatic rings. The predicted molar refractivity (Wildman–Crippen MR) is 109 cm³/mol. The van der Waals surface area contributed by atoms with Crippen molar-refractivity contribution in [2.24, 2.45) is 0 Å². The summed E-state index contributed by atoms with van der Waals surface area (Å²) < 4.78 is 13.3. The monoisotopic (exact) mass is 414 g/mol. The van der Waals surface area contributed by atoms with E-state index >= 15 is 0 Å². The van der Waals surface area contributed by atoms with Crippen LogP contribution in [0.2, 0.25) is 0 Å². The van der Waals surface area contributed by atoms with Crippen LogP contribution in [0.15, 0.2) is 48.8 Å². The smallest absolute Gasteiger partial charge is 0.229 e. The third-order valence-corrected chi connectivity index (χ3v) is 5.48. The lowest BCUT2D eigenvalue weighted by Gasteiger charge is -2.39. The Labute approximate surface area is 173 Å². The number of aliphatic hydroxyl groups excluding tert-OH is 4. The standard InChI is InChI=1S/C22H26N2O6/c1-2-13-6-8-14(9-7-13)10-24-12-23-15-4-3-5-16(18(15)24)29-22-21(28)20(27)19(26)17(11-25)30-22/h3-9,12,17,19-22,25-28H,2,10-11H2,1H3/t17-,19-,20+,21-,22?/m0/s1. The summed E-state index contributed by atoms with van der Waals surface area (Å²) in [6.45, 7) is 2.18. The fourth-order valence-corrected chi connectivity index (χ4v) is 3.68. The van der Waals surface area contributed by atoms with E-state index in [9.17, 15) is 20.4 Å². The highest BCUT2D eigenvalue weighted by Crippen LogP contribution is 2.30. The fraction of sp³-hybridized carbons (Fsp3) is 0.409. The van der Waals surface area contributed by atoms with Gasteiger partial charge in [-0.25, -0.2) is 4.98 Å². The molecule has 4 rings (SSSR count). The average molecular weight is 414 g/mol. The summed E-state index contributed by atoms with van der Waals surface area (Å²) in [6, 6.07) is 13.7. The number of imidazole rings is 1. The molecule has 1 unspecified atom stereocenters. The first kappa shape index (κ1) is 20.8.